The Hall–Kier alpha value is -1.75. The normalized spacial score (nSPS) is 14.6. The predicted octanol–water partition coefficient (Wildman–Crippen LogP) is 3.13. The first kappa shape index (κ1) is 13.2. The minimum absolute atomic E-state index is 0.00690. The van der Waals surface area contributed by atoms with Crippen LogP contribution >= 0.6 is 0 Å². The topological polar surface area (TPSA) is 46.5 Å². The highest BCUT2D eigenvalue weighted by Crippen LogP contribution is 2.31. The van der Waals surface area contributed by atoms with E-state index in [4.69, 9.17) is 4.43 Å². The zero-order valence-corrected chi connectivity index (χ0v) is 12.5. The first-order valence-electron chi connectivity index (χ1n) is 6.59. The van der Waals surface area contributed by atoms with Crippen molar-refractivity contribution in [1.29, 1.82) is 0 Å². The third-order valence-corrected chi connectivity index (χ3v) is 4.23. The summed E-state index contributed by atoms with van der Waals surface area (Å²) < 4.78 is 5.46. The van der Waals surface area contributed by atoms with E-state index in [1.165, 1.54) is 0 Å². The van der Waals surface area contributed by atoms with Gasteiger partial charge in [0.2, 0.25) is 0 Å². The molecule has 0 aromatic heterocycles. The van der Waals surface area contributed by atoms with Gasteiger partial charge in [0.15, 0.2) is 5.78 Å². The van der Waals surface area contributed by atoms with Crippen LogP contribution in [0.5, 0.6) is 0 Å². The zero-order chi connectivity index (χ0) is 14.3. The Labute approximate surface area is 118 Å². The second-order valence-electron chi connectivity index (χ2n) is 5.49. The molecule has 1 N–H and O–H groups in total. The molecule has 102 valence electrons. The molecule has 0 atom stereocenters. The van der Waals surface area contributed by atoms with Gasteiger partial charge in [-0.1, -0.05) is 36.4 Å². The maximum atomic E-state index is 12.5. The molecular formula is C16H16O3Si. The lowest BCUT2D eigenvalue weighted by Gasteiger charge is -2.20. The van der Waals surface area contributed by atoms with Crippen LogP contribution in [0.15, 0.2) is 42.0 Å². The quantitative estimate of drug-likeness (QED) is 0.881. The van der Waals surface area contributed by atoms with Gasteiger partial charge in [0.25, 0.3) is 0 Å². The molecule has 4 heteroatoms. The van der Waals surface area contributed by atoms with Gasteiger partial charge in [-0.05, 0) is 30.1 Å². The molecule has 2 aromatic carbocycles. The fourth-order valence-corrected chi connectivity index (χ4v) is 2.98. The molecule has 0 amide bonds. The first-order valence-corrected chi connectivity index (χ1v) is 9.44. The van der Waals surface area contributed by atoms with Gasteiger partial charge in [0.05, 0.1) is 6.61 Å². The standard InChI is InChI=1S/C16H16O3Si/c1-20(2,18)19-10-13-9-12-7-3-5-11-6-4-8-14(15(11)12)16(13)17/h3-9,18H,10H2,1-2H3. The summed E-state index contributed by atoms with van der Waals surface area (Å²) in [6.45, 7) is 3.55. The number of hydrogen-bond acceptors (Lipinski definition) is 3. The van der Waals surface area contributed by atoms with Crippen LogP contribution in [0.25, 0.3) is 16.8 Å². The van der Waals surface area contributed by atoms with Crippen LogP contribution in [-0.4, -0.2) is 25.7 Å². The highest BCUT2D eigenvalue weighted by atomic mass is 28.4. The number of carbonyl (C=O) groups excluding carboxylic acids is 1. The molecule has 3 nitrogen and oxygen atoms in total. The largest absolute Gasteiger partial charge is 0.411 e. The van der Waals surface area contributed by atoms with Crippen molar-refractivity contribution in [1.82, 2.24) is 0 Å². The van der Waals surface area contributed by atoms with Crippen molar-refractivity contribution in [2.45, 2.75) is 13.1 Å². The van der Waals surface area contributed by atoms with E-state index in [1.54, 1.807) is 13.1 Å². The molecule has 0 fully saturated rings. The molecule has 0 spiro atoms. The Balaban J connectivity index is 2.06. The van der Waals surface area contributed by atoms with Crippen LogP contribution in [0.4, 0.5) is 0 Å². The molecule has 1 aliphatic carbocycles. The van der Waals surface area contributed by atoms with E-state index in [2.05, 4.69) is 0 Å². The van der Waals surface area contributed by atoms with Crippen molar-refractivity contribution in [2.75, 3.05) is 6.61 Å². The predicted molar refractivity (Wildman–Crippen MR) is 81.9 cm³/mol. The highest BCUT2D eigenvalue weighted by Gasteiger charge is 2.25. The van der Waals surface area contributed by atoms with Gasteiger partial charge in [-0.15, -0.1) is 0 Å². The Morgan fingerprint density at radius 1 is 1.15 bits per heavy atom. The fraction of sp³-hybridized carbons (Fsp3) is 0.188. The summed E-state index contributed by atoms with van der Waals surface area (Å²) in [6, 6.07) is 11.7. The summed E-state index contributed by atoms with van der Waals surface area (Å²) in [6.07, 6.45) is 1.87. The zero-order valence-electron chi connectivity index (χ0n) is 11.5. The van der Waals surface area contributed by atoms with E-state index in [1.807, 2.05) is 42.5 Å². The molecule has 1 aliphatic rings. The van der Waals surface area contributed by atoms with E-state index < -0.39 is 8.56 Å². The molecule has 0 saturated heterocycles. The van der Waals surface area contributed by atoms with Gasteiger partial charge in [-0.2, -0.15) is 0 Å². The Bertz CT molecular complexity index is 721. The van der Waals surface area contributed by atoms with Crippen LogP contribution in [0, 0.1) is 0 Å². The van der Waals surface area contributed by atoms with Gasteiger partial charge in [0, 0.05) is 16.5 Å². The molecule has 0 saturated carbocycles. The summed E-state index contributed by atoms with van der Waals surface area (Å²) >= 11 is 0. The van der Waals surface area contributed by atoms with Crippen LogP contribution < -0.4 is 0 Å². The summed E-state index contributed by atoms with van der Waals surface area (Å²) in [7, 11) is -2.62. The molecule has 0 heterocycles. The second-order valence-corrected chi connectivity index (χ2v) is 8.67. The van der Waals surface area contributed by atoms with Crippen LogP contribution in [-0.2, 0) is 4.43 Å². The summed E-state index contributed by atoms with van der Waals surface area (Å²) in [4.78, 5) is 22.3. The molecular weight excluding hydrogens is 268 g/mol. The van der Waals surface area contributed by atoms with Crippen molar-refractivity contribution in [3.8, 4) is 0 Å². The average Bonchev–Trinajstić information content (AvgIpc) is 2.40. The number of Topliss-reactive ketones (excluding diaryl/α,β-unsaturated/α-hetero) is 1. The lowest BCUT2D eigenvalue weighted by Crippen LogP contribution is -2.32. The SMILES string of the molecule is C[Si](C)(O)OCC1=Cc2cccc3cccc(c23)C1=O. The number of benzene rings is 2. The van der Waals surface area contributed by atoms with E-state index in [9.17, 15) is 9.59 Å². The Morgan fingerprint density at radius 2 is 1.85 bits per heavy atom. The van der Waals surface area contributed by atoms with Crippen molar-refractivity contribution >= 4 is 31.2 Å². The monoisotopic (exact) mass is 284 g/mol. The van der Waals surface area contributed by atoms with Crippen molar-refractivity contribution in [3.05, 3.63) is 53.1 Å². The van der Waals surface area contributed by atoms with E-state index in [0.717, 1.165) is 21.9 Å². The number of rotatable bonds is 3. The minimum Gasteiger partial charge on any atom is -0.411 e. The van der Waals surface area contributed by atoms with Crippen molar-refractivity contribution < 1.29 is 14.0 Å². The molecule has 0 aliphatic heterocycles. The molecule has 3 rings (SSSR count). The van der Waals surface area contributed by atoms with Crippen LogP contribution in [0.2, 0.25) is 13.1 Å². The van der Waals surface area contributed by atoms with Crippen LogP contribution in [0.3, 0.4) is 0 Å². The van der Waals surface area contributed by atoms with Gasteiger partial charge >= 0.3 is 8.56 Å². The van der Waals surface area contributed by atoms with E-state index in [-0.39, 0.29) is 12.4 Å². The van der Waals surface area contributed by atoms with Crippen molar-refractivity contribution in [2.24, 2.45) is 0 Å². The number of hydrogen-bond donors (Lipinski definition) is 1. The van der Waals surface area contributed by atoms with Gasteiger partial charge in [-0.3, -0.25) is 4.79 Å². The summed E-state index contributed by atoms with van der Waals surface area (Å²) in [5, 5.41) is 2.07. The molecule has 0 radical (unpaired) electrons. The average molecular weight is 284 g/mol. The summed E-state index contributed by atoms with van der Waals surface area (Å²) in [5.41, 5.74) is 2.36. The molecule has 2 aromatic rings. The van der Waals surface area contributed by atoms with Crippen molar-refractivity contribution in [3.63, 3.8) is 0 Å². The molecule has 0 bridgehead atoms. The molecule has 20 heavy (non-hydrogen) atoms. The Kier molecular flexibility index (Phi) is 3.09. The lowest BCUT2D eigenvalue weighted by molar-refractivity contribution is 0.102. The lowest BCUT2D eigenvalue weighted by atomic mass is 9.88. The maximum Gasteiger partial charge on any atom is 0.329 e. The maximum absolute atomic E-state index is 12.5. The fourth-order valence-electron chi connectivity index (χ4n) is 2.47. The third-order valence-electron chi connectivity index (χ3n) is 3.38. The van der Waals surface area contributed by atoms with E-state index in [0.29, 0.717) is 5.57 Å². The smallest absolute Gasteiger partial charge is 0.329 e. The van der Waals surface area contributed by atoms with Crippen LogP contribution in [0.1, 0.15) is 15.9 Å². The number of ketones is 1. The number of carbonyl (C=O) groups is 1. The summed E-state index contributed by atoms with van der Waals surface area (Å²) in [5.74, 6) is -0.00690. The minimum atomic E-state index is -2.62. The second kappa shape index (κ2) is 4.66. The van der Waals surface area contributed by atoms with Gasteiger partial charge in [0.1, 0.15) is 0 Å². The molecule has 0 unspecified atom stereocenters. The van der Waals surface area contributed by atoms with E-state index >= 15 is 0 Å². The highest BCUT2D eigenvalue weighted by molar-refractivity contribution is 6.63. The Morgan fingerprint density at radius 3 is 2.55 bits per heavy atom. The van der Waals surface area contributed by atoms with Gasteiger partial charge in [-0.25, -0.2) is 0 Å². The first-order chi connectivity index (χ1) is 9.46. The third kappa shape index (κ3) is 2.33. The van der Waals surface area contributed by atoms with Gasteiger partial charge < -0.3 is 9.22 Å².